The molecule has 9 heteroatoms. The molecule has 2 heterocycles. The first kappa shape index (κ1) is 18.9. The van der Waals surface area contributed by atoms with Crippen LogP contribution in [-0.2, 0) is 19.6 Å². The van der Waals surface area contributed by atoms with Crippen LogP contribution in [0.2, 0.25) is 0 Å². The minimum atomic E-state index is -3.64. The molecular weight excluding hydrogens is 360 g/mol. The molecule has 0 bridgehead atoms. The predicted molar refractivity (Wildman–Crippen MR) is 93.9 cm³/mol. The lowest BCUT2D eigenvalue weighted by molar-refractivity contribution is -0.137. The molecule has 1 saturated heterocycles. The maximum atomic E-state index is 12.9. The molecule has 1 fully saturated rings. The number of rotatable bonds is 5. The van der Waals surface area contributed by atoms with E-state index in [-0.39, 0.29) is 30.5 Å². The average molecular weight is 384 g/mol. The van der Waals surface area contributed by atoms with E-state index < -0.39 is 10.0 Å². The van der Waals surface area contributed by atoms with Crippen LogP contribution in [0.3, 0.4) is 0 Å². The molecule has 1 aromatic rings. The van der Waals surface area contributed by atoms with E-state index in [0.29, 0.717) is 44.4 Å². The van der Waals surface area contributed by atoms with Crippen LogP contribution in [0.4, 0.5) is 0 Å². The summed E-state index contributed by atoms with van der Waals surface area (Å²) in [5, 5.41) is 0. The molecule has 0 aromatic heterocycles. The topological polar surface area (TPSA) is 85.4 Å². The van der Waals surface area contributed by atoms with Gasteiger partial charge in [0.15, 0.2) is 11.5 Å². The van der Waals surface area contributed by atoms with Crippen molar-refractivity contribution in [3.63, 3.8) is 0 Å². The van der Waals surface area contributed by atoms with E-state index in [1.165, 1.54) is 16.4 Å². The van der Waals surface area contributed by atoms with Gasteiger partial charge in [0, 0.05) is 45.3 Å². The molecule has 2 aliphatic heterocycles. The minimum absolute atomic E-state index is 0.0331. The van der Waals surface area contributed by atoms with Gasteiger partial charge in [-0.05, 0) is 19.1 Å². The largest absolute Gasteiger partial charge is 0.490 e. The third-order valence-corrected chi connectivity index (χ3v) is 6.27. The Kier molecular flexibility index (Phi) is 6.00. The summed E-state index contributed by atoms with van der Waals surface area (Å²) in [5.74, 6) is 0.904. The second kappa shape index (κ2) is 8.24. The van der Waals surface area contributed by atoms with Crippen molar-refractivity contribution in [2.75, 3.05) is 52.6 Å². The standard InChI is InChI=1S/C17H24N2O6S/c1-2-23-13-17(20)18-6-8-19(9-7-18)26(21,22)14-4-5-15-16(12-14)25-11-3-10-24-15/h4-5,12H,2-3,6-11,13H2,1H3. The van der Waals surface area contributed by atoms with Gasteiger partial charge in [-0.2, -0.15) is 4.31 Å². The van der Waals surface area contributed by atoms with Gasteiger partial charge in [0.05, 0.1) is 18.1 Å². The van der Waals surface area contributed by atoms with Gasteiger partial charge in [-0.1, -0.05) is 0 Å². The molecule has 0 N–H and O–H groups in total. The van der Waals surface area contributed by atoms with Crippen molar-refractivity contribution in [2.45, 2.75) is 18.2 Å². The van der Waals surface area contributed by atoms with E-state index in [1.54, 1.807) is 11.0 Å². The highest BCUT2D eigenvalue weighted by atomic mass is 32.2. The van der Waals surface area contributed by atoms with Gasteiger partial charge in [-0.25, -0.2) is 8.42 Å². The van der Waals surface area contributed by atoms with Crippen molar-refractivity contribution in [1.82, 2.24) is 9.21 Å². The summed E-state index contributed by atoms with van der Waals surface area (Å²) in [4.78, 5) is 13.8. The molecule has 144 valence electrons. The van der Waals surface area contributed by atoms with E-state index in [2.05, 4.69) is 0 Å². The number of benzene rings is 1. The van der Waals surface area contributed by atoms with Crippen LogP contribution in [0.25, 0.3) is 0 Å². The number of ether oxygens (including phenoxy) is 3. The Balaban J connectivity index is 1.68. The highest BCUT2D eigenvalue weighted by Gasteiger charge is 2.31. The van der Waals surface area contributed by atoms with Gasteiger partial charge in [-0.3, -0.25) is 4.79 Å². The van der Waals surface area contributed by atoms with Crippen molar-refractivity contribution in [3.8, 4) is 11.5 Å². The van der Waals surface area contributed by atoms with Crippen molar-refractivity contribution in [2.24, 2.45) is 0 Å². The van der Waals surface area contributed by atoms with Gasteiger partial charge in [0.2, 0.25) is 15.9 Å². The molecule has 3 rings (SSSR count). The number of hydrogen-bond donors (Lipinski definition) is 0. The SMILES string of the molecule is CCOCC(=O)N1CCN(S(=O)(=O)c2ccc3c(c2)OCCCO3)CC1. The Bertz CT molecular complexity index is 744. The van der Waals surface area contributed by atoms with Gasteiger partial charge >= 0.3 is 0 Å². The van der Waals surface area contributed by atoms with Crippen molar-refractivity contribution in [1.29, 1.82) is 0 Å². The maximum Gasteiger partial charge on any atom is 0.248 e. The zero-order valence-electron chi connectivity index (χ0n) is 14.8. The summed E-state index contributed by atoms with van der Waals surface area (Å²) >= 11 is 0. The fraction of sp³-hybridized carbons (Fsp3) is 0.588. The molecule has 0 saturated carbocycles. The van der Waals surface area contributed by atoms with Gasteiger partial charge in [-0.15, -0.1) is 0 Å². The molecule has 1 aromatic carbocycles. The fourth-order valence-corrected chi connectivity index (χ4v) is 4.35. The van der Waals surface area contributed by atoms with Crippen molar-refractivity contribution < 1.29 is 27.4 Å². The Morgan fingerprint density at radius 3 is 2.50 bits per heavy atom. The highest BCUT2D eigenvalue weighted by Crippen LogP contribution is 2.33. The Morgan fingerprint density at radius 1 is 1.12 bits per heavy atom. The summed E-state index contributed by atoms with van der Waals surface area (Å²) in [6.45, 7) is 4.62. The molecule has 0 spiro atoms. The van der Waals surface area contributed by atoms with Crippen LogP contribution >= 0.6 is 0 Å². The van der Waals surface area contributed by atoms with E-state index in [0.717, 1.165) is 6.42 Å². The molecule has 2 aliphatic rings. The number of carbonyl (C=O) groups is 1. The number of sulfonamides is 1. The van der Waals surface area contributed by atoms with Crippen LogP contribution in [-0.4, -0.2) is 76.1 Å². The molecule has 0 aliphatic carbocycles. The lowest BCUT2D eigenvalue weighted by atomic mass is 10.3. The lowest BCUT2D eigenvalue weighted by Gasteiger charge is -2.34. The normalized spacial score (nSPS) is 18.4. The second-order valence-corrected chi connectivity index (χ2v) is 8.02. The number of carbonyl (C=O) groups excluding carboxylic acids is 1. The molecule has 0 unspecified atom stereocenters. The third kappa shape index (κ3) is 4.11. The highest BCUT2D eigenvalue weighted by molar-refractivity contribution is 7.89. The quantitative estimate of drug-likeness (QED) is 0.744. The molecular formula is C17H24N2O6S. The van der Waals surface area contributed by atoms with E-state index in [4.69, 9.17) is 14.2 Å². The maximum absolute atomic E-state index is 12.9. The second-order valence-electron chi connectivity index (χ2n) is 6.08. The number of amides is 1. The van der Waals surface area contributed by atoms with E-state index in [9.17, 15) is 13.2 Å². The predicted octanol–water partition coefficient (Wildman–Crippen LogP) is 0.717. The summed E-state index contributed by atoms with van der Waals surface area (Å²) in [6.07, 6.45) is 0.758. The lowest BCUT2D eigenvalue weighted by Crippen LogP contribution is -2.51. The van der Waals surface area contributed by atoms with Gasteiger partial charge in [0.25, 0.3) is 0 Å². The van der Waals surface area contributed by atoms with Crippen molar-refractivity contribution >= 4 is 15.9 Å². The van der Waals surface area contributed by atoms with Crippen LogP contribution in [0.15, 0.2) is 23.1 Å². The van der Waals surface area contributed by atoms with Gasteiger partial charge in [0.1, 0.15) is 6.61 Å². The molecule has 0 atom stereocenters. The fourth-order valence-electron chi connectivity index (χ4n) is 2.91. The Morgan fingerprint density at radius 2 is 1.81 bits per heavy atom. The van der Waals surface area contributed by atoms with Crippen LogP contribution in [0.5, 0.6) is 11.5 Å². The van der Waals surface area contributed by atoms with Crippen LogP contribution in [0, 0.1) is 0 Å². The number of nitrogens with zero attached hydrogens (tertiary/aromatic N) is 2. The third-order valence-electron chi connectivity index (χ3n) is 4.38. The Hall–Kier alpha value is -1.84. The number of piperazine rings is 1. The van der Waals surface area contributed by atoms with E-state index >= 15 is 0 Å². The minimum Gasteiger partial charge on any atom is -0.490 e. The number of hydrogen-bond acceptors (Lipinski definition) is 6. The van der Waals surface area contributed by atoms with Gasteiger partial charge < -0.3 is 19.1 Å². The Labute approximate surface area is 153 Å². The number of fused-ring (bicyclic) bond motifs is 1. The first-order valence-electron chi connectivity index (χ1n) is 8.77. The van der Waals surface area contributed by atoms with E-state index in [1.807, 2.05) is 6.92 Å². The van der Waals surface area contributed by atoms with Crippen molar-refractivity contribution in [3.05, 3.63) is 18.2 Å². The molecule has 8 nitrogen and oxygen atoms in total. The summed E-state index contributed by atoms with van der Waals surface area (Å²) < 4.78 is 43.5. The smallest absolute Gasteiger partial charge is 0.248 e. The average Bonchev–Trinajstić information content (AvgIpc) is 2.91. The van der Waals surface area contributed by atoms with Crippen LogP contribution in [0.1, 0.15) is 13.3 Å². The zero-order chi connectivity index (χ0) is 18.6. The molecule has 1 amide bonds. The monoisotopic (exact) mass is 384 g/mol. The first-order valence-corrected chi connectivity index (χ1v) is 10.2. The van der Waals surface area contributed by atoms with Crippen LogP contribution < -0.4 is 9.47 Å². The summed E-state index contributed by atoms with van der Waals surface area (Å²) in [5.41, 5.74) is 0. The molecule has 0 radical (unpaired) electrons. The first-order chi connectivity index (χ1) is 12.5. The molecule has 26 heavy (non-hydrogen) atoms. The summed E-state index contributed by atoms with van der Waals surface area (Å²) in [7, 11) is -3.64. The zero-order valence-corrected chi connectivity index (χ0v) is 15.7. The summed E-state index contributed by atoms with van der Waals surface area (Å²) in [6, 6.07) is 4.69.